The summed E-state index contributed by atoms with van der Waals surface area (Å²) in [6, 6.07) is 7.14. The van der Waals surface area contributed by atoms with Gasteiger partial charge >= 0.3 is 12.1 Å². The molecule has 8 heteroatoms. The summed E-state index contributed by atoms with van der Waals surface area (Å²) < 4.78 is 11.3. The predicted molar refractivity (Wildman–Crippen MR) is 115 cm³/mol. The Morgan fingerprint density at radius 2 is 1.90 bits per heavy atom. The first kappa shape index (κ1) is 22.9. The minimum absolute atomic E-state index is 0.239. The Hall–Kier alpha value is -2.77. The fourth-order valence-corrected chi connectivity index (χ4v) is 3.87. The van der Waals surface area contributed by atoms with E-state index in [-0.39, 0.29) is 6.09 Å². The van der Waals surface area contributed by atoms with Crippen LogP contribution in [0.3, 0.4) is 0 Å². The number of ether oxygens (including phenoxy) is 2. The van der Waals surface area contributed by atoms with Crippen LogP contribution in [0.5, 0.6) is 5.75 Å². The number of amides is 1. The Bertz CT molecular complexity index is 770. The second-order valence-electron chi connectivity index (χ2n) is 9.10. The average molecular weight is 433 g/mol. The van der Waals surface area contributed by atoms with E-state index in [1.54, 1.807) is 35.4 Å². The van der Waals surface area contributed by atoms with Gasteiger partial charge in [0, 0.05) is 25.7 Å². The molecule has 2 aliphatic heterocycles. The molecule has 1 aromatic carbocycles. The van der Waals surface area contributed by atoms with Gasteiger partial charge in [-0.3, -0.25) is 4.79 Å². The largest absolute Gasteiger partial charge is 0.494 e. The Morgan fingerprint density at radius 1 is 1.23 bits per heavy atom. The van der Waals surface area contributed by atoms with Gasteiger partial charge in [0.15, 0.2) is 0 Å². The van der Waals surface area contributed by atoms with Crippen molar-refractivity contribution in [3.8, 4) is 5.75 Å². The van der Waals surface area contributed by atoms with Crippen molar-refractivity contribution in [2.24, 2.45) is 11.1 Å². The maximum absolute atomic E-state index is 12.1. The number of hydrogen-bond donors (Lipinski definition) is 1. The van der Waals surface area contributed by atoms with Crippen LogP contribution < -0.4 is 4.74 Å². The summed E-state index contributed by atoms with van der Waals surface area (Å²) in [4.78, 5) is 30.7. The molecule has 170 valence electrons. The van der Waals surface area contributed by atoms with Gasteiger partial charge < -0.3 is 24.3 Å². The number of benzene rings is 1. The maximum Gasteiger partial charge on any atom is 0.410 e. The van der Waals surface area contributed by atoms with Gasteiger partial charge in [-0.2, -0.15) is 0 Å². The van der Waals surface area contributed by atoms with E-state index < -0.39 is 23.6 Å². The van der Waals surface area contributed by atoms with Crippen molar-refractivity contribution in [1.82, 2.24) is 4.90 Å². The van der Waals surface area contributed by atoms with E-state index in [9.17, 15) is 14.7 Å². The highest BCUT2D eigenvalue weighted by atomic mass is 16.6. The van der Waals surface area contributed by atoms with Gasteiger partial charge in [-0.05, 0) is 63.6 Å². The molecule has 0 aliphatic carbocycles. The van der Waals surface area contributed by atoms with Crippen LogP contribution >= 0.6 is 0 Å². The smallest absolute Gasteiger partial charge is 0.410 e. The van der Waals surface area contributed by atoms with Gasteiger partial charge in [-0.1, -0.05) is 17.3 Å². The molecule has 0 spiro atoms. The summed E-state index contributed by atoms with van der Waals surface area (Å²) in [7, 11) is 0. The normalized spacial score (nSPS) is 20.2. The molecular formula is C23H32N2O6. The number of carbonyl (C=O) groups is 2. The molecule has 3 rings (SSSR count). The SMILES string of the molecule is CC(C)(C)OC(=O)N1CCC(CCOc2ccc(C(C(=O)O)[C@H]3CC=NO3)cc2)CC1. The molecule has 1 amide bonds. The molecular weight excluding hydrogens is 400 g/mol. The predicted octanol–water partition coefficient (Wildman–Crippen LogP) is 4.05. The van der Waals surface area contributed by atoms with Gasteiger partial charge in [-0.25, -0.2) is 4.79 Å². The first-order chi connectivity index (χ1) is 14.7. The molecule has 1 unspecified atom stereocenters. The highest BCUT2D eigenvalue weighted by Gasteiger charge is 2.33. The van der Waals surface area contributed by atoms with Crippen molar-refractivity contribution in [3.05, 3.63) is 29.8 Å². The number of aliphatic carboxylic acids is 1. The summed E-state index contributed by atoms with van der Waals surface area (Å²) >= 11 is 0. The van der Waals surface area contributed by atoms with Gasteiger partial charge in [-0.15, -0.1) is 0 Å². The van der Waals surface area contributed by atoms with Crippen molar-refractivity contribution in [2.75, 3.05) is 19.7 Å². The molecule has 31 heavy (non-hydrogen) atoms. The number of rotatable bonds is 7. The van der Waals surface area contributed by atoms with Crippen molar-refractivity contribution in [2.45, 2.75) is 64.1 Å². The monoisotopic (exact) mass is 432 g/mol. The first-order valence-electron chi connectivity index (χ1n) is 10.8. The summed E-state index contributed by atoms with van der Waals surface area (Å²) in [6.45, 7) is 7.62. The highest BCUT2D eigenvalue weighted by Crippen LogP contribution is 2.29. The van der Waals surface area contributed by atoms with Gasteiger partial charge in [0.1, 0.15) is 23.4 Å². The van der Waals surface area contributed by atoms with Gasteiger partial charge in [0.25, 0.3) is 0 Å². The fraction of sp³-hybridized carbons (Fsp3) is 0.609. The lowest BCUT2D eigenvalue weighted by atomic mass is 9.92. The van der Waals surface area contributed by atoms with E-state index in [1.807, 2.05) is 20.8 Å². The zero-order valence-corrected chi connectivity index (χ0v) is 18.5. The van der Waals surface area contributed by atoms with Crippen LogP contribution in [0.1, 0.15) is 57.9 Å². The number of carboxylic acid groups (broad SMARTS) is 1. The first-order valence-corrected chi connectivity index (χ1v) is 10.8. The maximum atomic E-state index is 12.1. The second kappa shape index (κ2) is 10.0. The quantitative estimate of drug-likeness (QED) is 0.698. The van der Waals surface area contributed by atoms with Crippen molar-refractivity contribution >= 4 is 18.3 Å². The Balaban J connectivity index is 1.41. The number of piperidine rings is 1. The van der Waals surface area contributed by atoms with Crippen LogP contribution in [-0.2, 0) is 14.4 Å². The molecule has 1 aromatic rings. The Morgan fingerprint density at radius 3 is 2.45 bits per heavy atom. The lowest BCUT2D eigenvalue weighted by Crippen LogP contribution is -2.41. The number of carboxylic acids is 1. The fourth-order valence-electron chi connectivity index (χ4n) is 3.87. The van der Waals surface area contributed by atoms with E-state index in [2.05, 4.69) is 5.16 Å². The van der Waals surface area contributed by atoms with Crippen molar-refractivity contribution in [3.63, 3.8) is 0 Å². The minimum Gasteiger partial charge on any atom is -0.494 e. The Labute approximate surface area is 183 Å². The molecule has 1 fully saturated rings. The summed E-state index contributed by atoms with van der Waals surface area (Å²) in [6.07, 6.45) is 4.15. The standard InChI is InChI=1S/C23H32N2O6/c1-23(2,3)30-22(28)25-13-9-16(10-14-25)11-15-29-18-6-4-17(5-7-18)20(21(26)27)19-8-12-24-31-19/h4-7,12,16,19-20H,8-11,13-15H2,1-3H3,(H,26,27)/t19-,20?/m1/s1. The third-order valence-corrected chi connectivity index (χ3v) is 5.55. The molecule has 1 saturated heterocycles. The molecule has 2 heterocycles. The van der Waals surface area contributed by atoms with Crippen LogP contribution in [0.15, 0.2) is 29.4 Å². The molecule has 0 bridgehead atoms. The molecule has 1 N–H and O–H groups in total. The summed E-state index contributed by atoms with van der Waals surface area (Å²) in [5, 5.41) is 13.2. The number of hydrogen-bond acceptors (Lipinski definition) is 6. The van der Waals surface area contributed by atoms with Gasteiger partial charge in [0.2, 0.25) is 0 Å². The van der Waals surface area contributed by atoms with Gasteiger partial charge in [0.05, 0.1) is 6.61 Å². The minimum atomic E-state index is -0.929. The van der Waals surface area contributed by atoms with E-state index >= 15 is 0 Å². The lowest BCUT2D eigenvalue weighted by Gasteiger charge is -2.33. The summed E-state index contributed by atoms with van der Waals surface area (Å²) in [5.41, 5.74) is 0.199. The van der Waals surface area contributed by atoms with E-state index in [4.69, 9.17) is 14.3 Å². The Kier molecular flexibility index (Phi) is 7.41. The van der Waals surface area contributed by atoms with Crippen LogP contribution in [0.2, 0.25) is 0 Å². The van der Waals surface area contributed by atoms with Crippen LogP contribution in [0.4, 0.5) is 4.79 Å². The molecule has 0 saturated carbocycles. The van der Waals surface area contributed by atoms with Crippen LogP contribution in [0.25, 0.3) is 0 Å². The third kappa shape index (κ3) is 6.60. The number of nitrogens with zero attached hydrogens (tertiary/aromatic N) is 2. The van der Waals surface area contributed by atoms with E-state index in [0.29, 0.717) is 43.3 Å². The number of oxime groups is 1. The lowest BCUT2D eigenvalue weighted by molar-refractivity contribution is -0.142. The number of carbonyl (C=O) groups excluding carboxylic acids is 1. The molecule has 0 aromatic heterocycles. The van der Waals surface area contributed by atoms with Crippen LogP contribution in [0, 0.1) is 5.92 Å². The number of likely N-dealkylation sites (tertiary alicyclic amines) is 1. The molecule has 8 nitrogen and oxygen atoms in total. The second-order valence-corrected chi connectivity index (χ2v) is 9.10. The molecule has 2 aliphatic rings. The van der Waals surface area contributed by atoms with Crippen molar-refractivity contribution in [1.29, 1.82) is 0 Å². The third-order valence-electron chi connectivity index (χ3n) is 5.55. The van der Waals surface area contributed by atoms with Crippen molar-refractivity contribution < 1.29 is 29.0 Å². The summed E-state index contributed by atoms with van der Waals surface area (Å²) in [5.74, 6) is -0.467. The van der Waals surface area contributed by atoms with Crippen LogP contribution in [-0.4, -0.2) is 59.7 Å². The van der Waals surface area contributed by atoms with E-state index in [1.165, 1.54) is 0 Å². The molecule has 2 atom stereocenters. The molecule has 0 radical (unpaired) electrons. The zero-order valence-electron chi connectivity index (χ0n) is 18.5. The average Bonchev–Trinajstić information content (AvgIpc) is 3.22. The van der Waals surface area contributed by atoms with E-state index in [0.717, 1.165) is 19.3 Å². The topological polar surface area (TPSA) is 97.7 Å². The zero-order chi connectivity index (χ0) is 22.4. The highest BCUT2D eigenvalue weighted by molar-refractivity contribution is 5.78.